The minimum atomic E-state index is -4.34. The summed E-state index contributed by atoms with van der Waals surface area (Å²) in [5.74, 6) is 0.880. The van der Waals surface area contributed by atoms with Crippen molar-refractivity contribution in [3.63, 3.8) is 0 Å². The van der Waals surface area contributed by atoms with E-state index in [-0.39, 0.29) is 0 Å². The summed E-state index contributed by atoms with van der Waals surface area (Å²) in [5, 5.41) is 0. The Labute approximate surface area is 114 Å². The van der Waals surface area contributed by atoms with Gasteiger partial charge in [0.25, 0.3) is 0 Å². The Morgan fingerprint density at radius 2 is 1.85 bits per heavy atom. The molecule has 2 aromatic rings. The van der Waals surface area contributed by atoms with Crippen LogP contribution in [0.4, 0.5) is 19.0 Å². The summed E-state index contributed by atoms with van der Waals surface area (Å²) in [7, 11) is 0. The van der Waals surface area contributed by atoms with Crippen molar-refractivity contribution in [3.05, 3.63) is 41.2 Å². The van der Waals surface area contributed by atoms with E-state index in [1.807, 2.05) is 6.92 Å². The van der Waals surface area contributed by atoms with Gasteiger partial charge >= 0.3 is 6.18 Å². The molecule has 0 radical (unpaired) electrons. The lowest BCUT2D eigenvalue weighted by atomic mass is 10.0. The van der Waals surface area contributed by atoms with Gasteiger partial charge in [0, 0.05) is 18.1 Å². The van der Waals surface area contributed by atoms with Gasteiger partial charge in [-0.3, -0.25) is 0 Å². The summed E-state index contributed by atoms with van der Waals surface area (Å²) in [6.45, 7) is 3.51. The Bertz CT molecular complexity index is 636. The van der Waals surface area contributed by atoms with Crippen LogP contribution in [0, 0.1) is 6.92 Å². The van der Waals surface area contributed by atoms with Crippen molar-refractivity contribution in [1.29, 1.82) is 0 Å². The monoisotopic (exact) mass is 281 g/mol. The molecule has 2 rings (SSSR count). The van der Waals surface area contributed by atoms with Gasteiger partial charge < -0.3 is 5.73 Å². The second kappa shape index (κ2) is 5.11. The maximum Gasteiger partial charge on any atom is 0.416 e. The molecule has 0 aliphatic heterocycles. The molecule has 2 N–H and O–H groups in total. The van der Waals surface area contributed by atoms with Crippen LogP contribution in [-0.2, 0) is 12.6 Å². The van der Waals surface area contributed by atoms with Gasteiger partial charge in [0.1, 0.15) is 11.6 Å². The first-order valence-electron chi connectivity index (χ1n) is 6.13. The topological polar surface area (TPSA) is 51.8 Å². The maximum atomic E-state index is 12.6. The third-order valence-electron chi connectivity index (χ3n) is 2.94. The molecule has 6 heteroatoms. The molecule has 106 valence electrons. The summed E-state index contributed by atoms with van der Waals surface area (Å²) in [5.41, 5.74) is 6.69. The van der Waals surface area contributed by atoms with Crippen molar-refractivity contribution < 1.29 is 13.2 Å². The SMILES string of the molecule is CCc1nc(N)cc(-c2ccc(C(F)(F)F)cc2C)n1. The molecule has 3 nitrogen and oxygen atoms in total. The van der Waals surface area contributed by atoms with Crippen LogP contribution in [0.3, 0.4) is 0 Å². The van der Waals surface area contributed by atoms with Crippen LogP contribution in [0.1, 0.15) is 23.9 Å². The molecule has 0 bridgehead atoms. The molecule has 1 heterocycles. The van der Waals surface area contributed by atoms with E-state index in [1.165, 1.54) is 6.07 Å². The number of hydrogen-bond donors (Lipinski definition) is 1. The van der Waals surface area contributed by atoms with E-state index in [2.05, 4.69) is 9.97 Å². The highest BCUT2D eigenvalue weighted by atomic mass is 19.4. The summed E-state index contributed by atoms with van der Waals surface area (Å²) in [4.78, 5) is 8.35. The molecule has 0 amide bonds. The highest BCUT2D eigenvalue weighted by molar-refractivity contribution is 5.66. The van der Waals surface area contributed by atoms with E-state index in [4.69, 9.17) is 5.73 Å². The van der Waals surface area contributed by atoms with Crippen LogP contribution >= 0.6 is 0 Å². The Balaban J connectivity index is 2.51. The van der Waals surface area contributed by atoms with Gasteiger partial charge in [-0.2, -0.15) is 13.2 Å². The molecular weight excluding hydrogens is 267 g/mol. The molecule has 1 aromatic carbocycles. The van der Waals surface area contributed by atoms with Gasteiger partial charge in [0.05, 0.1) is 11.3 Å². The molecule has 0 spiro atoms. The third kappa shape index (κ3) is 2.89. The zero-order chi connectivity index (χ0) is 14.9. The number of nitrogens with zero attached hydrogens (tertiary/aromatic N) is 2. The third-order valence-corrected chi connectivity index (χ3v) is 2.94. The minimum Gasteiger partial charge on any atom is -0.384 e. The Morgan fingerprint density at radius 1 is 1.15 bits per heavy atom. The molecule has 0 aliphatic carbocycles. The van der Waals surface area contributed by atoms with E-state index in [9.17, 15) is 13.2 Å². The molecule has 0 unspecified atom stereocenters. The van der Waals surface area contributed by atoms with Gasteiger partial charge in [0.2, 0.25) is 0 Å². The zero-order valence-electron chi connectivity index (χ0n) is 11.1. The largest absolute Gasteiger partial charge is 0.416 e. The second-order valence-corrected chi connectivity index (χ2v) is 4.48. The number of rotatable bonds is 2. The molecule has 1 aromatic heterocycles. The summed E-state index contributed by atoms with van der Waals surface area (Å²) >= 11 is 0. The van der Waals surface area contributed by atoms with Crippen molar-refractivity contribution >= 4 is 5.82 Å². The van der Waals surface area contributed by atoms with Crippen molar-refractivity contribution in [2.75, 3.05) is 5.73 Å². The molecule has 20 heavy (non-hydrogen) atoms. The van der Waals surface area contributed by atoms with Crippen molar-refractivity contribution in [3.8, 4) is 11.3 Å². The van der Waals surface area contributed by atoms with Crippen LogP contribution in [0.15, 0.2) is 24.3 Å². The maximum absolute atomic E-state index is 12.6. The van der Waals surface area contributed by atoms with Crippen LogP contribution in [0.25, 0.3) is 11.3 Å². The van der Waals surface area contributed by atoms with Gasteiger partial charge in [0.15, 0.2) is 0 Å². The van der Waals surface area contributed by atoms with Crippen molar-refractivity contribution in [1.82, 2.24) is 9.97 Å². The number of aryl methyl sites for hydroxylation is 2. The van der Waals surface area contributed by atoms with E-state index in [0.29, 0.717) is 34.9 Å². The molecule has 0 fully saturated rings. The van der Waals surface area contributed by atoms with Gasteiger partial charge in [-0.25, -0.2) is 9.97 Å². The van der Waals surface area contributed by atoms with Gasteiger partial charge in [-0.15, -0.1) is 0 Å². The fourth-order valence-corrected chi connectivity index (χ4v) is 1.94. The average Bonchev–Trinajstić information content (AvgIpc) is 2.36. The molecule has 0 atom stereocenters. The number of benzene rings is 1. The number of anilines is 1. The number of nitrogens with two attached hydrogens (primary N) is 1. The number of alkyl halides is 3. The fourth-order valence-electron chi connectivity index (χ4n) is 1.94. The lowest BCUT2D eigenvalue weighted by Gasteiger charge is -2.11. The summed E-state index contributed by atoms with van der Waals surface area (Å²) < 4.78 is 37.9. The van der Waals surface area contributed by atoms with Crippen LogP contribution in [0.2, 0.25) is 0 Å². The lowest BCUT2D eigenvalue weighted by Crippen LogP contribution is -2.06. The summed E-state index contributed by atoms with van der Waals surface area (Å²) in [6, 6.07) is 5.14. The Kier molecular flexibility index (Phi) is 3.65. The van der Waals surface area contributed by atoms with Crippen molar-refractivity contribution in [2.45, 2.75) is 26.4 Å². The minimum absolute atomic E-state index is 0.311. The van der Waals surface area contributed by atoms with Crippen molar-refractivity contribution in [2.24, 2.45) is 0 Å². The molecule has 0 aliphatic rings. The highest BCUT2D eigenvalue weighted by Gasteiger charge is 2.30. The highest BCUT2D eigenvalue weighted by Crippen LogP contribution is 2.32. The number of nitrogen functional groups attached to an aromatic ring is 1. The first-order chi connectivity index (χ1) is 9.31. The van der Waals surface area contributed by atoms with E-state index in [1.54, 1.807) is 13.0 Å². The fraction of sp³-hybridized carbons (Fsp3) is 0.286. The molecule has 0 saturated carbocycles. The predicted molar refractivity (Wildman–Crippen MR) is 71.0 cm³/mol. The van der Waals surface area contributed by atoms with Crippen LogP contribution in [0.5, 0.6) is 0 Å². The molecular formula is C14H14F3N3. The second-order valence-electron chi connectivity index (χ2n) is 4.48. The van der Waals surface area contributed by atoms with Crippen LogP contribution < -0.4 is 5.73 Å². The lowest BCUT2D eigenvalue weighted by molar-refractivity contribution is -0.137. The smallest absolute Gasteiger partial charge is 0.384 e. The normalized spacial score (nSPS) is 11.7. The van der Waals surface area contributed by atoms with Gasteiger partial charge in [-0.1, -0.05) is 13.0 Å². The first-order valence-corrected chi connectivity index (χ1v) is 6.13. The van der Waals surface area contributed by atoms with Gasteiger partial charge in [-0.05, 0) is 24.6 Å². The predicted octanol–water partition coefficient (Wildman–Crippen LogP) is 3.62. The number of aromatic nitrogens is 2. The summed E-state index contributed by atoms with van der Waals surface area (Å²) in [6.07, 6.45) is -3.74. The Morgan fingerprint density at radius 3 is 2.40 bits per heavy atom. The van der Waals surface area contributed by atoms with E-state index >= 15 is 0 Å². The van der Waals surface area contributed by atoms with E-state index in [0.717, 1.165) is 12.1 Å². The average molecular weight is 281 g/mol. The first kappa shape index (κ1) is 14.3. The number of halogens is 3. The number of hydrogen-bond acceptors (Lipinski definition) is 3. The van der Waals surface area contributed by atoms with Crippen LogP contribution in [-0.4, -0.2) is 9.97 Å². The Hall–Kier alpha value is -2.11. The quantitative estimate of drug-likeness (QED) is 0.914. The zero-order valence-corrected chi connectivity index (χ0v) is 11.1. The standard InChI is InChI=1S/C14H14F3N3/c1-3-13-19-11(7-12(18)20-13)10-5-4-9(6-8(10)2)14(15,16)17/h4-7H,3H2,1-2H3,(H2,18,19,20). The van der Waals surface area contributed by atoms with E-state index < -0.39 is 11.7 Å². The molecule has 0 saturated heterocycles.